The molecule has 3 rings (SSSR count). The molecule has 0 aromatic heterocycles. The summed E-state index contributed by atoms with van der Waals surface area (Å²) in [6.07, 6.45) is 5.28. The Kier molecular flexibility index (Phi) is 4.63. The molecule has 0 aliphatic heterocycles. The van der Waals surface area contributed by atoms with Crippen molar-refractivity contribution in [2.45, 2.75) is 51.0 Å². The van der Waals surface area contributed by atoms with Crippen LogP contribution in [0.4, 0.5) is 0 Å². The van der Waals surface area contributed by atoms with Crippen molar-refractivity contribution in [3.63, 3.8) is 0 Å². The second-order valence-corrected chi connectivity index (χ2v) is 6.46. The van der Waals surface area contributed by atoms with Gasteiger partial charge in [0.2, 0.25) is 0 Å². The first-order valence-electron chi connectivity index (χ1n) is 8.60. The first-order chi connectivity index (χ1) is 11.2. The Bertz CT molecular complexity index is 682. The average Bonchev–Trinajstić information content (AvgIpc) is 2.62. The number of Topliss-reactive ketones (excluding diaryl/α,β-unsaturated/α-hetero) is 1. The molecule has 0 spiro atoms. The maximum Gasteiger partial charge on any atom is 0.163 e. The van der Waals surface area contributed by atoms with Crippen LogP contribution in [0.15, 0.2) is 48.5 Å². The molecule has 0 unspecified atom stereocenters. The van der Waals surface area contributed by atoms with Gasteiger partial charge in [-0.1, -0.05) is 74.7 Å². The fourth-order valence-electron chi connectivity index (χ4n) is 3.68. The minimum atomic E-state index is -0.812. The number of rotatable bonds is 4. The van der Waals surface area contributed by atoms with Crippen LogP contribution in [0.25, 0.3) is 11.1 Å². The first kappa shape index (κ1) is 15.9. The highest BCUT2D eigenvalue weighted by Gasteiger charge is 2.34. The van der Waals surface area contributed by atoms with Crippen LogP contribution in [-0.2, 0) is 5.60 Å². The van der Waals surface area contributed by atoms with E-state index in [-0.39, 0.29) is 5.78 Å². The van der Waals surface area contributed by atoms with Crippen molar-refractivity contribution in [1.82, 2.24) is 0 Å². The van der Waals surface area contributed by atoms with Crippen LogP contribution >= 0.6 is 0 Å². The van der Waals surface area contributed by atoms with Crippen LogP contribution in [0, 0.1) is 0 Å². The molecule has 0 atom stereocenters. The first-order valence-corrected chi connectivity index (χ1v) is 8.60. The van der Waals surface area contributed by atoms with Crippen molar-refractivity contribution in [3.05, 3.63) is 59.7 Å². The summed E-state index contributed by atoms with van der Waals surface area (Å²) >= 11 is 0. The molecule has 1 fully saturated rings. The Morgan fingerprint density at radius 3 is 2.35 bits per heavy atom. The van der Waals surface area contributed by atoms with Crippen LogP contribution in [0.1, 0.15) is 61.4 Å². The minimum Gasteiger partial charge on any atom is -0.385 e. The predicted molar refractivity (Wildman–Crippen MR) is 93.5 cm³/mol. The van der Waals surface area contributed by atoms with Gasteiger partial charge < -0.3 is 5.11 Å². The highest BCUT2D eigenvalue weighted by molar-refractivity contribution is 6.03. The number of carbonyl (C=O) groups excluding carboxylic acids is 1. The maximum absolute atomic E-state index is 12.5. The number of hydrogen-bond acceptors (Lipinski definition) is 2. The summed E-state index contributed by atoms with van der Waals surface area (Å²) in [4.78, 5) is 12.5. The number of ketones is 1. The second kappa shape index (κ2) is 6.67. The molecule has 0 bridgehead atoms. The molecule has 0 amide bonds. The summed E-state index contributed by atoms with van der Waals surface area (Å²) in [6.45, 7) is 1.89. The third-order valence-electron chi connectivity index (χ3n) is 4.93. The number of benzene rings is 2. The van der Waals surface area contributed by atoms with Gasteiger partial charge in [0.1, 0.15) is 0 Å². The molecular formula is C21H24O2. The van der Waals surface area contributed by atoms with Crippen LogP contribution < -0.4 is 0 Å². The van der Waals surface area contributed by atoms with Gasteiger partial charge in [0.05, 0.1) is 5.60 Å². The molecular weight excluding hydrogens is 284 g/mol. The van der Waals surface area contributed by atoms with E-state index >= 15 is 0 Å². The quantitative estimate of drug-likeness (QED) is 0.798. The van der Waals surface area contributed by atoms with Crippen LogP contribution in [-0.4, -0.2) is 10.9 Å². The van der Waals surface area contributed by atoms with Crippen molar-refractivity contribution in [2.75, 3.05) is 0 Å². The fourth-order valence-corrected chi connectivity index (χ4v) is 3.68. The van der Waals surface area contributed by atoms with Gasteiger partial charge in [-0.25, -0.2) is 0 Å². The molecule has 1 saturated carbocycles. The van der Waals surface area contributed by atoms with Gasteiger partial charge in [-0.05, 0) is 29.5 Å². The van der Waals surface area contributed by atoms with E-state index < -0.39 is 5.60 Å². The largest absolute Gasteiger partial charge is 0.385 e. The molecule has 0 saturated heterocycles. The molecule has 120 valence electrons. The van der Waals surface area contributed by atoms with Crippen LogP contribution in [0.3, 0.4) is 0 Å². The number of carbonyl (C=O) groups is 1. The van der Waals surface area contributed by atoms with Crippen LogP contribution in [0.5, 0.6) is 0 Å². The van der Waals surface area contributed by atoms with Gasteiger partial charge in [0.25, 0.3) is 0 Å². The topological polar surface area (TPSA) is 37.3 Å². The second-order valence-electron chi connectivity index (χ2n) is 6.46. The van der Waals surface area contributed by atoms with Gasteiger partial charge in [-0.3, -0.25) is 4.79 Å². The molecule has 1 N–H and O–H groups in total. The molecule has 2 aromatic carbocycles. The van der Waals surface area contributed by atoms with E-state index in [0.29, 0.717) is 6.42 Å². The molecule has 2 aromatic rings. The van der Waals surface area contributed by atoms with Gasteiger partial charge in [-0.2, -0.15) is 0 Å². The lowest BCUT2D eigenvalue weighted by Crippen LogP contribution is -2.29. The molecule has 0 radical (unpaired) electrons. The molecule has 2 heteroatoms. The van der Waals surface area contributed by atoms with E-state index in [0.717, 1.165) is 47.9 Å². The Hall–Kier alpha value is -1.93. The minimum absolute atomic E-state index is 0.130. The Morgan fingerprint density at radius 1 is 1.00 bits per heavy atom. The standard InChI is InChI=1S/C21H24O2/c1-2-19(22)17-12-9-13-18(21(23)14-7-4-8-15-21)20(17)16-10-5-3-6-11-16/h3,5-6,9-13,23H,2,4,7-8,14-15H2,1H3. The molecule has 1 aliphatic rings. The normalized spacial score (nSPS) is 17.0. The summed E-state index contributed by atoms with van der Waals surface area (Å²) in [7, 11) is 0. The van der Waals surface area contributed by atoms with Gasteiger partial charge in [0.15, 0.2) is 5.78 Å². The van der Waals surface area contributed by atoms with Crippen molar-refractivity contribution < 1.29 is 9.90 Å². The van der Waals surface area contributed by atoms with E-state index in [1.807, 2.05) is 55.5 Å². The Balaban J connectivity index is 2.21. The summed E-state index contributed by atoms with van der Waals surface area (Å²) in [5, 5.41) is 11.3. The monoisotopic (exact) mass is 308 g/mol. The summed E-state index contributed by atoms with van der Waals surface area (Å²) < 4.78 is 0. The van der Waals surface area contributed by atoms with Gasteiger partial charge in [0, 0.05) is 12.0 Å². The smallest absolute Gasteiger partial charge is 0.163 e. The van der Waals surface area contributed by atoms with Crippen molar-refractivity contribution in [1.29, 1.82) is 0 Å². The Labute approximate surface area is 138 Å². The lowest BCUT2D eigenvalue weighted by molar-refractivity contribution is -0.000121. The average molecular weight is 308 g/mol. The Morgan fingerprint density at radius 2 is 1.70 bits per heavy atom. The van der Waals surface area contributed by atoms with Gasteiger partial charge in [-0.15, -0.1) is 0 Å². The summed E-state index contributed by atoms with van der Waals surface area (Å²) in [5.74, 6) is 0.130. The molecule has 1 aliphatic carbocycles. The van der Waals surface area contributed by atoms with Crippen molar-refractivity contribution >= 4 is 5.78 Å². The number of hydrogen-bond donors (Lipinski definition) is 1. The van der Waals surface area contributed by atoms with Crippen LogP contribution in [0.2, 0.25) is 0 Å². The van der Waals surface area contributed by atoms with Gasteiger partial charge >= 0.3 is 0 Å². The highest BCUT2D eigenvalue weighted by Crippen LogP contribution is 2.42. The highest BCUT2D eigenvalue weighted by atomic mass is 16.3. The third kappa shape index (κ3) is 3.09. The lowest BCUT2D eigenvalue weighted by atomic mass is 9.75. The predicted octanol–water partition coefficient (Wildman–Crippen LogP) is 5.10. The third-order valence-corrected chi connectivity index (χ3v) is 4.93. The zero-order valence-electron chi connectivity index (χ0n) is 13.7. The molecule has 2 nitrogen and oxygen atoms in total. The lowest BCUT2D eigenvalue weighted by Gasteiger charge is -2.35. The molecule has 0 heterocycles. The van der Waals surface area contributed by atoms with Crippen molar-refractivity contribution in [3.8, 4) is 11.1 Å². The zero-order valence-corrected chi connectivity index (χ0v) is 13.7. The molecule has 23 heavy (non-hydrogen) atoms. The number of aliphatic hydroxyl groups is 1. The van der Waals surface area contributed by atoms with E-state index in [9.17, 15) is 9.90 Å². The van der Waals surface area contributed by atoms with E-state index in [1.54, 1.807) is 0 Å². The van der Waals surface area contributed by atoms with E-state index in [4.69, 9.17) is 0 Å². The maximum atomic E-state index is 12.5. The fraction of sp³-hybridized carbons (Fsp3) is 0.381. The van der Waals surface area contributed by atoms with E-state index in [2.05, 4.69) is 0 Å². The van der Waals surface area contributed by atoms with Crippen molar-refractivity contribution in [2.24, 2.45) is 0 Å². The SMILES string of the molecule is CCC(=O)c1cccc(C2(O)CCCCC2)c1-c1ccccc1. The summed E-state index contributed by atoms with van der Waals surface area (Å²) in [5.41, 5.74) is 2.77. The van der Waals surface area contributed by atoms with E-state index in [1.165, 1.54) is 6.42 Å². The zero-order chi connectivity index (χ0) is 16.3. The summed E-state index contributed by atoms with van der Waals surface area (Å²) in [6, 6.07) is 15.8.